The van der Waals surface area contributed by atoms with E-state index in [2.05, 4.69) is 0 Å². The molecule has 1 amide bonds. The molecule has 22 heavy (non-hydrogen) atoms. The Bertz CT molecular complexity index is 634. The summed E-state index contributed by atoms with van der Waals surface area (Å²) in [6.45, 7) is 2.13. The van der Waals surface area contributed by atoms with Crippen molar-refractivity contribution in [1.82, 2.24) is 4.90 Å². The molecule has 0 aromatic heterocycles. The Labute approximate surface area is 131 Å². The number of hydrogen-bond donors (Lipinski definition) is 1. The summed E-state index contributed by atoms with van der Waals surface area (Å²) in [5, 5.41) is 19.9. The Kier molecular flexibility index (Phi) is 4.65. The van der Waals surface area contributed by atoms with Crippen molar-refractivity contribution in [3.63, 3.8) is 0 Å². The van der Waals surface area contributed by atoms with Crippen molar-refractivity contribution < 1.29 is 19.6 Å². The standard InChI is InChI=1S/C14H15ClN2O5/c1-8-10(14(19)20)3-2-6-16(8)13(18)11-5-4-9(17(21)22)7-12(11)15/h4-5,7-8,10H,2-3,6H2,1H3,(H,19,20)/t8-,10-/m1/s1. The Morgan fingerprint density at radius 2 is 2.14 bits per heavy atom. The molecule has 1 fully saturated rings. The number of benzene rings is 1. The summed E-state index contributed by atoms with van der Waals surface area (Å²) in [5.41, 5.74) is -0.0539. The summed E-state index contributed by atoms with van der Waals surface area (Å²) >= 11 is 5.97. The maximum absolute atomic E-state index is 12.6. The summed E-state index contributed by atoms with van der Waals surface area (Å²) in [4.78, 5) is 35.3. The molecular formula is C14H15ClN2O5. The van der Waals surface area contributed by atoms with E-state index in [1.807, 2.05) is 0 Å². The average molecular weight is 327 g/mol. The molecule has 8 heteroatoms. The first-order valence-electron chi connectivity index (χ1n) is 6.80. The third-order valence-electron chi connectivity index (χ3n) is 3.96. The number of carboxylic acid groups (broad SMARTS) is 1. The molecule has 7 nitrogen and oxygen atoms in total. The number of nitro groups is 1. The Balaban J connectivity index is 2.27. The Morgan fingerprint density at radius 1 is 1.45 bits per heavy atom. The van der Waals surface area contributed by atoms with Gasteiger partial charge in [-0.15, -0.1) is 0 Å². The highest BCUT2D eigenvalue weighted by molar-refractivity contribution is 6.34. The van der Waals surface area contributed by atoms with Crippen LogP contribution in [-0.2, 0) is 4.79 Å². The fourth-order valence-corrected chi connectivity index (χ4v) is 2.96. The van der Waals surface area contributed by atoms with Crippen molar-refractivity contribution >= 4 is 29.2 Å². The number of amides is 1. The number of nitrogens with zero attached hydrogens (tertiary/aromatic N) is 2. The van der Waals surface area contributed by atoms with Crippen molar-refractivity contribution in [1.29, 1.82) is 0 Å². The zero-order chi connectivity index (χ0) is 16.4. The number of nitro benzene ring substituents is 1. The van der Waals surface area contributed by atoms with Crippen LogP contribution in [-0.4, -0.2) is 39.4 Å². The SMILES string of the molecule is C[C@@H]1[C@H](C(=O)O)CCCN1C(=O)c1ccc([N+](=O)[O-])cc1Cl. The molecule has 1 heterocycles. The molecule has 1 aliphatic rings. The molecule has 118 valence electrons. The molecule has 1 aliphatic heterocycles. The maximum atomic E-state index is 12.6. The first kappa shape index (κ1) is 16.2. The number of carboxylic acids is 1. The lowest BCUT2D eigenvalue weighted by Crippen LogP contribution is -2.49. The lowest BCUT2D eigenvalue weighted by atomic mass is 9.90. The largest absolute Gasteiger partial charge is 0.481 e. The molecule has 1 aromatic carbocycles. The van der Waals surface area contributed by atoms with E-state index in [4.69, 9.17) is 11.6 Å². The van der Waals surface area contributed by atoms with Crippen molar-refractivity contribution in [2.24, 2.45) is 5.92 Å². The fourth-order valence-electron chi connectivity index (χ4n) is 2.71. The second-order valence-electron chi connectivity index (χ2n) is 5.25. The number of halogens is 1. The van der Waals surface area contributed by atoms with Gasteiger partial charge in [-0.1, -0.05) is 11.6 Å². The highest BCUT2D eigenvalue weighted by Gasteiger charge is 2.36. The minimum absolute atomic E-state index is 0.0103. The van der Waals surface area contributed by atoms with Gasteiger partial charge in [0.2, 0.25) is 0 Å². The zero-order valence-corrected chi connectivity index (χ0v) is 12.6. The molecule has 0 radical (unpaired) electrons. The van der Waals surface area contributed by atoms with Gasteiger partial charge < -0.3 is 10.0 Å². The van der Waals surface area contributed by atoms with Gasteiger partial charge in [0.1, 0.15) is 0 Å². The number of hydrogen-bond acceptors (Lipinski definition) is 4. The molecular weight excluding hydrogens is 312 g/mol. The number of non-ortho nitro benzene ring substituents is 1. The van der Waals surface area contributed by atoms with Crippen LogP contribution < -0.4 is 0 Å². The van der Waals surface area contributed by atoms with Crippen LogP contribution >= 0.6 is 11.6 Å². The van der Waals surface area contributed by atoms with Crippen LogP contribution in [0.2, 0.25) is 5.02 Å². The monoisotopic (exact) mass is 326 g/mol. The smallest absolute Gasteiger partial charge is 0.308 e. The van der Waals surface area contributed by atoms with Crippen LogP contribution in [0.5, 0.6) is 0 Å². The quantitative estimate of drug-likeness (QED) is 0.679. The van der Waals surface area contributed by atoms with E-state index < -0.39 is 28.8 Å². The second kappa shape index (κ2) is 6.31. The highest BCUT2D eigenvalue weighted by Crippen LogP contribution is 2.29. The van der Waals surface area contributed by atoms with Crippen molar-refractivity contribution in [3.05, 3.63) is 38.9 Å². The maximum Gasteiger partial charge on any atom is 0.308 e. The summed E-state index contributed by atoms with van der Waals surface area (Å²) in [5.74, 6) is -1.95. The number of carbonyl (C=O) groups is 2. The second-order valence-corrected chi connectivity index (χ2v) is 5.65. The Hall–Kier alpha value is -2.15. The fraction of sp³-hybridized carbons (Fsp3) is 0.429. The van der Waals surface area contributed by atoms with Crippen molar-refractivity contribution in [2.75, 3.05) is 6.54 Å². The van der Waals surface area contributed by atoms with Gasteiger partial charge in [0, 0.05) is 24.7 Å². The van der Waals surface area contributed by atoms with Crippen molar-refractivity contribution in [2.45, 2.75) is 25.8 Å². The van der Waals surface area contributed by atoms with Crippen LogP contribution in [0.1, 0.15) is 30.1 Å². The summed E-state index contributed by atoms with van der Waals surface area (Å²) in [6.07, 6.45) is 1.12. The van der Waals surface area contributed by atoms with Gasteiger partial charge in [-0.05, 0) is 25.8 Å². The van der Waals surface area contributed by atoms with E-state index in [0.717, 1.165) is 6.07 Å². The number of piperidine rings is 1. The van der Waals surface area contributed by atoms with Crippen LogP contribution in [0.25, 0.3) is 0 Å². The molecule has 0 aliphatic carbocycles. The van der Waals surface area contributed by atoms with E-state index in [1.54, 1.807) is 6.92 Å². The third kappa shape index (κ3) is 3.04. The molecule has 0 spiro atoms. The van der Waals surface area contributed by atoms with Gasteiger partial charge in [-0.3, -0.25) is 19.7 Å². The highest BCUT2D eigenvalue weighted by atomic mass is 35.5. The summed E-state index contributed by atoms with van der Waals surface area (Å²) in [6, 6.07) is 3.19. The predicted octanol–water partition coefficient (Wildman–Crippen LogP) is 2.57. The molecule has 1 aromatic rings. The average Bonchev–Trinajstić information content (AvgIpc) is 2.46. The van der Waals surface area contributed by atoms with E-state index in [9.17, 15) is 24.8 Å². The van der Waals surface area contributed by atoms with Crippen molar-refractivity contribution in [3.8, 4) is 0 Å². The molecule has 0 saturated carbocycles. The first-order valence-corrected chi connectivity index (χ1v) is 7.18. The van der Waals surface area contributed by atoms with Gasteiger partial charge in [0.25, 0.3) is 11.6 Å². The minimum Gasteiger partial charge on any atom is -0.481 e. The topological polar surface area (TPSA) is 101 Å². The van der Waals surface area contributed by atoms with Crippen LogP contribution in [0.4, 0.5) is 5.69 Å². The van der Waals surface area contributed by atoms with E-state index >= 15 is 0 Å². The Morgan fingerprint density at radius 3 is 2.68 bits per heavy atom. The minimum atomic E-state index is -0.931. The number of rotatable bonds is 3. The van der Waals surface area contributed by atoms with Gasteiger partial charge in [-0.2, -0.15) is 0 Å². The van der Waals surface area contributed by atoms with Gasteiger partial charge in [-0.25, -0.2) is 0 Å². The van der Waals surface area contributed by atoms with Crippen LogP contribution in [0.15, 0.2) is 18.2 Å². The molecule has 1 N–H and O–H groups in total. The normalized spacial score (nSPS) is 21.5. The molecule has 0 unspecified atom stereocenters. The lowest BCUT2D eigenvalue weighted by molar-refractivity contribution is -0.384. The van der Waals surface area contributed by atoms with E-state index in [0.29, 0.717) is 19.4 Å². The zero-order valence-electron chi connectivity index (χ0n) is 11.9. The molecule has 1 saturated heterocycles. The van der Waals surface area contributed by atoms with Gasteiger partial charge in [0.05, 0.1) is 21.4 Å². The lowest BCUT2D eigenvalue weighted by Gasteiger charge is -2.37. The van der Waals surface area contributed by atoms with Gasteiger partial charge in [0.15, 0.2) is 0 Å². The third-order valence-corrected chi connectivity index (χ3v) is 4.27. The summed E-state index contributed by atoms with van der Waals surface area (Å²) < 4.78 is 0. The molecule has 2 atom stereocenters. The number of carbonyl (C=O) groups excluding carboxylic acids is 1. The predicted molar refractivity (Wildman–Crippen MR) is 79.0 cm³/mol. The van der Waals surface area contributed by atoms with E-state index in [1.165, 1.54) is 17.0 Å². The number of aliphatic carboxylic acids is 1. The summed E-state index contributed by atoms with van der Waals surface area (Å²) in [7, 11) is 0. The first-order chi connectivity index (χ1) is 10.3. The molecule has 0 bridgehead atoms. The van der Waals surface area contributed by atoms with Gasteiger partial charge >= 0.3 is 5.97 Å². The van der Waals surface area contributed by atoms with Crippen LogP contribution in [0, 0.1) is 16.0 Å². The molecule has 2 rings (SSSR count). The van der Waals surface area contributed by atoms with Crippen LogP contribution in [0.3, 0.4) is 0 Å². The van der Waals surface area contributed by atoms with E-state index in [-0.39, 0.29) is 16.3 Å². The number of likely N-dealkylation sites (tertiary alicyclic amines) is 1.